The van der Waals surface area contributed by atoms with E-state index >= 15 is 0 Å². The van der Waals surface area contributed by atoms with Crippen molar-refractivity contribution in [3.8, 4) is 0 Å². The molecule has 0 fully saturated rings. The third-order valence-corrected chi connectivity index (χ3v) is 3.82. The molecular formula is C16H21NO3. The molecule has 4 heteroatoms. The van der Waals surface area contributed by atoms with Crippen molar-refractivity contribution in [3.63, 3.8) is 0 Å². The Balaban J connectivity index is 2.19. The average Bonchev–Trinajstić information content (AvgIpc) is 2.46. The Bertz CT molecular complexity index is 510. The maximum absolute atomic E-state index is 12.3. The molecule has 1 aliphatic carbocycles. The van der Waals surface area contributed by atoms with E-state index in [2.05, 4.69) is 11.4 Å². The lowest BCUT2D eigenvalue weighted by Gasteiger charge is -2.20. The quantitative estimate of drug-likeness (QED) is 0.868. The van der Waals surface area contributed by atoms with Crippen LogP contribution in [-0.4, -0.2) is 23.0 Å². The normalized spacial score (nSPS) is 15.2. The minimum Gasteiger partial charge on any atom is -0.480 e. The number of hydrogen-bond donors (Lipinski definition) is 2. The molecule has 1 aliphatic rings. The highest BCUT2D eigenvalue weighted by molar-refractivity contribution is 5.98. The number of nitrogens with one attached hydrogen (secondary N) is 1. The molecule has 0 radical (unpaired) electrons. The van der Waals surface area contributed by atoms with E-state index in [9.17, 15) is 9.59 Å². The highest BCUT2D eigenvalue weighted by Crippen LogP contribution is 2.24. The molecule has 20 heavy (non-hydrogen) atoms. The van der Waals surface area contributed by atoms with Crippen LogP contribution in [0, 0.1) is 0 Å². The van der Waals surface area contributed by atoms with E-state index in [1.807, 2.05) is 13.0 Å². The number of aryl methyl sites for hydroxylation is 1. The molecule has 0 heterocycles. The topological polar surface area (TPSA) is 66.4 Å². The molecule has 0 aromatic heterocycles. The number of carbonyl (C=O) groups is 2. The van der Waals surface area contributed by atoms with Gasteiger partial charge in [-0.1, -0.05) is 25.5 Å². The predicted molar refractivity (Wildman–Crippen MR) is 76.9 cm³/mol. The zero-order valence-electron chi connectivity index (χ0n) is 11.8. The first-order chi connectivity index (χ1) is 9.63. The Morgan fingerprint density at radius 1 is 1.30 bits per heavy atom. The summed E-state index contributed by atoms with van der Waals surface area (Å²) in [5.41, 5.74) is 2.97. The van der Waals surface area contributed by atoms with E-state index in [0.717, 1.165) is 37.7 Å². The van der Waals surface area contributed by atoms with Crippen molar-refractivity contribution in [1.82, 2.24) is 5.32 Å². The van der Waals surface area contributed by atoms with Crippen molar-refractivity contribution in [2.75, 3.05) is 0 Å². The van der Waals surface area contributed by atoms with Crippen LogP contribution in [0.25, 0.3) is 0 Å². The Hall–Kier alpha value is -1.84. The van der Waals surface area contributed by atoms with Crippen molar-refractivity contribution >= 4 is 11.9 Å². The minimum absolute atomic E-state index is 0.260. The third kappa shape index (κ3) is 3.18. The number of amides is 1. The highest BCUT2D eigenvalue weighted by Gasteiger charge is 2.22. The predicted octanol–water partition coefficient (Wildman–Crippen LogP) is 2.55. The van der Waals surface area contributed by atoms with Gasteiger partial charge in [0.15, 0.2) is 0 Å². The number of carboxylic acid groups (broad SMARTS) is 1. The Kier molecular flexibility index (Phi) is 4.77. The lowest BCUT2D eigenvalue weighted by molar-refractivity contribution is -0.139. The molecule has 1 atom stereocenters. The summed E-state index contributed by atoms with van der Waals surface area (Å²) in [5.74, 6) is -1.23. The van der Waals surface area contributed by atoms with Crippen LogP contribution in [0.4, 0.5) is 0 Å². The zero-order valence-corrected chi connectivity index (χ0v) is 11.8. The van der Waals surface area contributed by atoms with E-state index in [1.165, 1.54) is 5.56 Å². The van der Waals surface area contributed by atoms with Crippen molar-refractivity contribution in [2.45, 2.75) is 51.5 Å². The smallest absolute Gasteiger partial charge is 0.326 e. The summed E-state index contributed by atoms with van der Waals surface area (Å²) in [4.78, 5) is 23.5. The second-order valence-electron chi connectivity index (χ2n) is 5.30. The number of hydrogen-bond acceptors (Lipinski definition) is 2. The van der Waals surface area contributed by atoms with Crippen LogP contribution in [-0.2, 0) is 17.6 Å². The summed E-state index contributed by atoms with van der Waals surface area (Å²) < 4.78 is 0. The van der Waals surface area contributed by atoms with Gasteiger partial charge in [-0.05, 0) is 49.3 Å². The number of fused-ring (bicyclic) bond motifs is 1. The summed E-state index contributed by atoms with van der Waals surface area (Å²) in [6.45, 7) is 1.91. The van der Waals surface area contributed by atoms with Crippen molar-refractivity contribution < 1.29 is 14.7 Å². The molecule has 0 spiro atoms. The van der Waals surface area contributed by atoms with E-state index in [-0.39, 0.29) is 5.91 Å². The summed E-state index contributed by atoms with van der Waals surface area (Å²) in [6, 6.07) is 4.94. The summed E-state index contributed by atoms with van der Waals surface area (Å²) >= 11 is 0. The molecule has 0 saturated heterocycles. The fourth-order valence-electron chi connectivity index (χ4n) is 2.78. The standard InChI is InChI=1S/C16H21NO3/c1-2-6-14(16(19)20)17-15(18)13-10-5-8-11-7-3-4-9-12(11)13/h5,8,10,14H,2-4,6-7,9H2,1H3,(H,17,18)(H,19,20). The number of aliphatic carboxylic acids is 1. The number of rotatable bonds is 5. The van der Waals surface area contributed by atoms with Gasteiger partial charge in [-0.2, -0.15) is 0 Å². The molecule has 4 nitrogen and oxygen atoms in total. The molecule has 2 rings (SSSR count). The number of benzene rings is 1. The van der Waals surface area contributed by atoms with Crippen LogP contribution in [0.15, 0.2) is 18.2 Å². The summed E-state index contributed by atoms with van der Waals surface area (Å²) in [7, 11) is 0. The van der Waals surface area contributed by atoms with Gasteiger partial charge < -0.3 is 10.4 Å². The van der Waals surface area contributed by atoms with Gasteiger partial charge >= 0.3 is 5.97 Å². The zero-order chi connectivity index (χ0) is 14.5. The van der Waals surface area contributed by atoms with Gasteiger partial charge in [0.2, 0.25) is 0 Å². The van der Waals surface area contributed by atoms with Crippen molar-refractivity contribution in [2.24, 2.45) is 0 Å². The molecule has 108 valence electrons. The van der Waals surface area contributed by atoms with Crippen LogP contribution in [0.2, 0.25) is 0 Å². The largest absolute Gasteiger partial charge is 0.480 e. The first-order valence-electron chi connectivity index (χ1n) is 7.28. The molecule has 1 amide bonds. The Morgan fingerprint density at radius 3 is 2.75 bits per heavy atom. The van der Waals surface area contributed by atoms with Crippen LogP contribution < -0.4 is 5.32 Å². The minimum atomic E-state index is -0.968. The van der Waals surface area contributed by atoms with Gasteiger partial charge in [-0.15, -0.1) is 0 Å². The molecule has 1 unspecified atom stereocenters. The fraction of sp³-hybridized carbons (Fsp3) is 0.500. The molecule has 0 aliphatic heterocycles. The van der Waals surface area contributed by atoms with E-state index in [1.54, 1.807) is 6.07 Å². The van der Waals surface area contributed by atoms with Crippen LogP contribution in [0.5, 0.6) is 0 Å². The lowest BCUT2D eigenvalue weighted by atomic mass is 9.88. The Labute approximate surface area is 119 Å². The van der Waals surface area contributed by atoms with Crippen LogP contribution >= 0.6 is 0 Å². The molecule has 0 bridgehead atoms. The second-order valence-corrected chi connectivity index (χ2v) is 5.30. The lowest BCUT2D eigenvalue weighted by Crippen LogP contribution is -2.41. The molecule has 2 N–H and O–H groups in total. The summed E-state index contributed by atoms with van der Waals surface area (Å²) in [6.07, 6.45) is 5.35. The van der Waals surface area contributed by atoms with Gasteiger partial charge in [0.05, 0.1) is 0 Å². The SMILES string of the molecule is CCCC(NC(=O)c1cccc2c1CCCC2)C(=O)O. The van der Waals surface area contributed by atoms with E-state index < -0.39 is 12.0 Å². The van der Waals surface area contributed by atoms with Gasteiger partial charge in [-0.25, -0.2) is 4.79 Å². The first-order valence-corrected chi connectivity index (χ1v) is 7.28. The average molecular weight is 275 g/mol. The summed E-state index contributed by atoms with van der Waals surface area (Å²) in [5, 5.41) is 11.8. The van der Waals surface area contributed by atoms with Gasteiger partial charge in [0.1, 0.15) is 6.04 Å². The van der Waals surface area contributed by atoms with Crippen molar-refractivity contribution in [1.29, 1.82) is 0 Å². The maximum atomic E-state index is 12.3. The molecule has 1 aromatic carbocycles. The first kappa shape index (κ1) is 14.6. The number of carboxylic acids is 1. The van der Waals surface area contributed by atoms with Crippen LogP contribution in [0.3, 0.4) is 0 Å². The highest BCUT2D eigenvalue weighted by atomic mass is 16.4. The third-order valence-electron chi connectivity index (χ3n) is 3.82. The molecule has 1 aromatic rings. The van der Waals surface area contributed by atoms with E-state index in [0.29, 0.717) is 12.0 Å². The van der Waals surface area contributed by atoms with Gasteiger partial charge in [0.25, 0.3) is 5.91 Å². The molecule has 0 saturated carbocycles. The molecular weight excluding hydrogens is 254 g/mol. The van der Waals surface area contributed by atoms with Gasteiger partial charge in [-0.3, -0.25) is 4.79 Å². The van der Waals surface area contributed by atoms with E-state index in [4.69, 9.17) is 5.11 Å². The van der Waals surface area contributed by atoms with Crippen LogP contribution in [0.1, 0.15) is 54.1 Å². The second kappa shape index (κ2) is 6.55. The Morgan fingerprint density at radius 2 is 2.05 bits per heavy atom. The maximum Gasteiger partial charge on any atom is 0.326 e. The van der Waals surface area contributed by atoms with Gasteiger partial charge in [0, 0.05) is 5.56 Å². The fourth-order valence-corrected chi connectivity index (χ4v) is 2.78. The van der Waals surface area contributed by atoms with Crippen molar-refractivity contribution in [3.05, 3.63) is 34.9 Å². The number of carbonyl (C=O) groups excluding carboxylic acids is 1. The monoisotopic (exact) mass is 275 g/mol.